The standard InChI is InChI=1S/C11H14N2/c1-8-9(2)13-11(12-8)10-6-4-3-5-7-10/h3-7,11-13H,1-2H3. The largest absolute Gasteiger partial charge is 0.364 e. The topological polar surface area (TPSA) is 24.1 Å². The van der Waals surface area contributed by atoms with Crippen LogP contribution in [0.25, 0.3) is 0 Å². The molecule has 1 heterocycles. The Hall–Kier alpha value is -1.44. The third-order valence-corrected chi connectivity index (χ3v) is 2.42. The molecule has 1 aromatic rings. The molecule has 68 valence electrons. The molecule has 0 spiro atoms. The first-order valence-corrected chi connectivity index (χ1v) is 4.53. The predicted molar refractivity (Wildman–Crippen MR) is 53.8 cm³/mol. The third-order valence-electron chi connectivity index (χ3n) is 2.42. The fraction of sp³-hybridized carbons (Fsp3) is 0.273. The lowest BCUT2D eigenvalue weighted by Crippen LogP contribution is -2.22. The van der Waals surface area contributed by atoms with E-state index < -0.39 is 0 Å². The number of hydrogen-bond donors (Lipinski definition) is 2. The summed E-state index contributed by atoms with van der Waals surface area (Å²) in [5, 5.41) is 6.78. The fourth-order valence-corrected chi connectivity index (χ4v) is 1.50. The van der Waals surface area contributed by atoms with E-state index in [1.807, 2.05) is 6.07 Å². The molecule has 2 rings (SSSR count). The maximum Gasteiger partial charge on any atom is 0.123 e. The molecule has 0 saturated carbocycles. The van der Waals surface area contributed by atoms with Gasteiger partial charge in [0.15, 0.2) is 0 Å². The Labute approximate surface area is 78.7 Å². The Morgan fingerprint density at radius 2 is 1.46 bits per heavy atom. The van der Waals surface area contributed by atoms with Crippen molar-refractivity contribution in [2.24, 2.45) is 0 Å². The van der Waals surface area contributed by atoms with Crippen molar-refractivity contribution in [3.8, 4) is 0 Å². The molecule has 0 aliphatic carbocycles. The first kappa shape index (κ1) is 8.17. The minimum atomic E-state index is 0.251. The SMILES string of the molecule is CC1=C(C)NC(c2ccccc2)N1. The second-order valence-electron chi connectivity index (χ2n) is 3.38. The van der Waals surface area contributed by atoms with Crippen molar-refractivity contribution in [2.45, 2.75) is 20.0 Å². The summed E-state index contributed by atoms with van der Waals surface area (Å²) >= 11 is 0. The summed E-state index contributed by atoms with van der Waals surface area (Å²) in [5.74, 6) is 0. The molecule has 1 aliphatic heterocycles. The summed E-state index contributed by atoms with van der Waals surface area (Å²) in [6.45, 7) is 4.18. The minimum absolute atomic E-state index is 0.251. The van der Waals surface area contributed by atoms with Gasteiger partial charge in [-0.1, -0.05) is 30.3 Å². The van der Waals surface area contributed by atoms with Crippen LogP contribution in [0.15, 0.2) is 41.7 Å². The van der Waals surface area contributed by atoms with Crippen LogP contribution in [0.2, 0.25) is 0 Å². The molecule has 0 saturated heterocycles. The van der Waals surface area contributed by atoms with E-state index in [0.717, 1.165) is 0 Å². The smallest absolute Gasteiger partial charge is 0.123 e. The lowest BCUT2D eigenvalue weighted by Gasteiger charge is -2.13. The van der Waals surface area contributed by atoms with Gasteiger partial charge in [-0.05, 0) is 19.4 Å². The second-order valence-corrected chi connectivity index (χ2v) is 3.38. The normalized spacial score (nSPS) is 17.1. The average molecular weight is 174 g/mol. The maximum atomic E-state index is 3.39. The van der Waals surface area contributed by atoms with Gasteiger partial charge >= 0.3 is 0 Å². The van der Waals surface area contributed by atoms with Crippen LogP contribution >= 0.6 is 0 Å². The van der Waals surface area contributed by atoms with Crippen LogP contribution in [0.1, 0.15) is 25.6 Å². The summed E-state index contributed by atoms with van der Waals surface area (Å²) < 4.78 is 0. The van der Waals surface area contributed by atoms with E-state index in [9.17, 15) is 0 Å². The van der Waals surface area contributed by atoms with Crippen LogP contribution in [-0.2, 0) is 0 Å². The number of nitrogens with one attached hydrogen (secondary N) is 2. The van der Waals surface area contributed by atoms with Gasteiger partial charge in [-0.25, -0.2) is 0 Å². The molecule has 0 bridgehead atoms. The van der Waals surface area contributed by atoms with Gasteiger partial charge in [-0.2, -0.15) is 0 Å². The second kappa shape index (κ2) is 3.13. The number of hydrogen-bond acceptors (Lipinski definition) is 2. The lowest BCUT2D eigenvalue weighted by molar-refractivity contribution is 0.586. The summed E-state index contributed by atoms with van der Waals surface area (Å²) in [7, 11) is 0. The van der Waals surface area contributed by atoms with Crippen LogP contribution in [0.5, 0.6) is 0 Å². The summed E-state index contributed by atoms with van der Waals surface area (Å²) in [6.07, 6.45) is 0.251. The van der Waals surface area contributed by atoms with Gasteiger partial charge in [-0.15, -0.1) is 0 Å². The van der Waals surface area contributed by atoms with Crippen molar-refractivity contribution in [3.05, 3.63) is 47.3 Å². The molecular formula is C11H14N2. The molecule has 0 atom stereocenters. The van der Waals surface area contributed by atoms with Gasteiger partial charge in [-0.3, -0.25) is 0 Å². The van der Waals surface area contributed by atoms with E-state index in [1.54, 1.807) is 0 Å². The zero-order valence-electron chi connectivity index (χ0n) is 7.96. The van der Waals surface area contributed by atoms with Crippen molar-refractivity contribution in [1.29, 1.82) is 0 Å². The molecule has 0 amide bonds. The van der Waals surface area contributed by atoms with Crippen LogP contribution in [0.4, 0.5) is 0 Å². The molecule has 2 heteroatoms. The van der Waals surface area contributed by atoms with Crippen molar-refractivity contribution >= 4 is 0 Å². The molecule has 0 fully saturated rings. The molecule has 0 radical (unpaired) electrons. The zero-order chi connectivity index (χ0) is 9.26. The quantitative estimate of drug-likeness (QED) is 0.681. The van der Waals surface area contributed by atoms with Gasteiger partial charge in [0.1, 0.15) is 6.17 Å². The molecule has 2 nitrogen and oxygen atoms in total. The van der Waals surface area contributed by atoms with Gasteiger partial charge in [0.05, 0.1) is 0 Å². The molecule has 0 aromatic heterocycles. The molecule has 13 heavy (non-hydrogen) atoms. The van der Waals surface area contributed by atoms with Crippen molar-refractivity contribution in [2.75, 3.05) is 0 Å². The van der Waals surface area contributed by atoms with E-state index >= 15 is 0 Å². The highest BCUT2D eigenvalue weighted by atomic mass is 15.2. The van der Waals surface area contributed by atoms with E-state index in [1.165, 1.54) is 17.0 Å². The number of rotatable bonds is 1. The molecule has 2 N–H and O–H groups in total. The minimum Gasteiger partial charge on any atom is -0.364 e. The Morgan fingerprint density at radius 3 is 2.00 bits per heavy atom. The van der Waals surface area contributed by atoms with Crippen LogP contribution in [0, 0.1) is 0 Å². The maximum absolute atomic E-state index is 3.39. The van der Waals surface area contributed by atoms with Crippen LogP contribution < -0.4 is 10.6 Å². The van der Waals surface area contributed by atoms with E-state index in [2.05, 4.69) is 48.7 Å². The van der Waals surface area contributed by atoms with E-state index in [4.69, 9.17) is 0 Å². The Morgan fingerprint density at radius 1 is 0.923 bits per heavy atom. The third kappa shape index (κ3) is 1.52. The van der Waals surface area contributed by atoms with Gasteiger partial charge in [0.2, 0.25) is 0 Å². The Balaban J connectivity index is 2.16. The highest BCUT2D eigenvalue weighted by molar-refractivity contribution is 5.25. The molecular weight excluding hydrogens is 160 g/mol. The number of allylic oxidation sites excluding steroid dienone is 2. The van der Waals surface area contributed by atoms with Gasteiger partial charge < -0.3 is 10.6 Å². The fourth-order valence-electron chi connectivity index (χ4n) is 1.50. The molecule has 1 aliphatic rings. The monoisotopic (exact) mass is 174 g/mol. The van der Waals surface area contributed by atoms with Crippen LogP contribution in [0.3, 0.4) is 0 Å². The van der Waals surface area contributed by atoms with Gasteiger partial charge in [0.25, 0.3) is 0 Å². The van der Waals surface area contributed by atoms with Crippen molar-refractivity contribution in [3.63, 3.8) is 0 Å². The highest BCUT2D eigenvalue weighted by Gasteiger charge is 2.17. The number of benzene rings is 1. The first-order valence-electron chi connectivity index (χ1n) is 4.53. The van der Waals surface area contributed by atoms with Crippen LogP contribution in [-0.4, -0.2) is 0 Å². The predicted octanol–water partition coefficient (Wildman–Crippen LogP) is 2.13. The zero-order valence-corrected chi connectivity index (χ0v) is 7.96. The summed E-state index contributed by atoms with van der Waals surface area (Å²) in [5.41, 5.74) is 3.74. The Bertz CT molecular complexity index is 313. The van der Waals surface area contributed by atoms with Gasteiger partial charge in [0, 0.05) is 11.4 Å². The lowest BCUT2D eigenvalue weighted by atomic mass is 10.2. The van der Waals surface area contributed by atoms with Crippen molar-refractivity contribution < 1.29 is 0 Å². The summed E-state index contributed by atoms with van der Waals surface area (Å²) in [4.78, 5) is 0. The highest BCUT2D eigenvalue weighted by Crippen LogP contribution is 2.18. The molecule has 1 aromatic carbocycles. The van der Waals surface area contributed by atoms with E-state index in [0.29, 0.717) is 0 Å². The van der Waals surface area contributed by atoms with Crippen molar-refractivity contribution in [1.82, 2.24) is 10.6 Å². The first-order chi connectivity index (χ1) is 6.27. The average Bonchev–Trinajstić information content (AvgIpc) is 2.49. The van der Waals surface area contributed by atoms with E-state index in [-0.39, 0.29) is 6.17 Å². The molecule has 0 unspecified atom stereocenters. The summed E-state index contributed by atoms with van der Waals surface area (Å²) in [6, 6.07) is 10.4. The Kier molecular flexibility index (Phi) is 1.97.